The van der Waals surface area contributed by atoms with Gasteiger partial charge in [-0.25, -0.2) is 9.37 Å². The fraction of sp³-hybridized carbons (Fsp3) is 0.211. The van der Waals surface area contributed by atoms with E-state index < -0.39 is 13.3 Å². The molecule has 329 valence electrons. The third-order valence-corrected chi connectivity index (χ3v) is 17.8. The summed E-state index contributed by atoms with van der Waals surface area (Å²) in [6.45, 7) is 13.6. The zero-order chi connectivity index (χ0) is 44.9. The Hall–Kier alpha value is -5.31. The molecule has 0 fully saturated rings. The van der Waals surface area contributed by atoms with Gasteiger partial charge in [0.2, 0.25) is 0 Å². The number of para-hydroxylation sites is 1. The monoisotopic (exact) mass is 1110 g/mol. The van der Waals surface area contributed by atoms with Crippen LogP contribution in [0.15, 0.2) is 146 Å². The van der Waals surface area contributed by atoms with Crippen LogP contribution < -0.4 is 4.40 Å². The molecule has 65 heavy (non-hydrogen) atoms. The van der Waals surface area contributed by atoms with E-state index in [4.69, 9.17) is 15.0 Å². The first-order valence-corrected chi connectivity index (χ1v) is 30.3. The number of hydrogen-bond donors (Lipinski definition) is 0. The van der Waals surface area contributed by atoms with E-state index in [0.29, 0.717) is 11.8 Å². The molecule has 8 heteroatoms. The number of benzene rings is 6. The van der Waals surface area contributed by atoms with Gasteiger partial charge >= 0.3 is 132 Å². The van der Waals surface area contributed by atoms with Crippen LogP contribution in [0.1, 0.15) is 58.6 Å². The van der Waals surface area contributed by atoms with Gasteiger partial charge in [0.1, 0.15) is 10.6 Å². The molecule has 0 aliphatic rings. The van der Waals surface area contributed by atoms with Crippen LogP contribution in [-0.4, -0.2) is 32.8 Å². The van der Waals surface area contributed by atoms with Gasteiger partial charge in [-0.3, -0.25) is 4.98 Å². The van der Waals surface area contributed by atoms with Crippen molar-refractivity contribution in [3.05, 3.63) is 175 Å². The Morgan fingerprint density at radius 2 is 1.49 bits per heavy atom. The molecule has 0 saturated carbocycles. The number of imidazole rings is 1. The van der Waals surface area contributed by atoms with Crippen molar-refractivity contribution in [1.29, 1.82) is 0 Å². The number of thiophene rings is 1. The molecule has 0 aliphatic heterocycles. The van der Waals surface area contributed by atoms with Crippen molar-refractivity contribution >= 4 is 71.1 Å². The summed E-state index contributed by atoms with van der Waals surface area (Å²) in [6.07, 6.45) is 4.09. The van der Waals surface area contributed by atoms with Crippen LogP contribution in [-0.2, 0) is 25.5 Å². The number of rotatable bonds is 7. The Morgan fingerprint density at radius 1 is 0.738 bits per heavy atom. The van der Waals surface area contributed by atoms with Crippen LogP contribution in [0.4, 0.5) is 4.39 Å². The molecule has 0 amide bonds. The summed E-state index contributed by atoms with van der Waals surface area (Å²) >= 11 is -0.252. The van der Waals surface area contributed by atoms with E-state index in [0.717, 1.165) is 81.7 Å². The molecule has 4 heterocycles. The molecule has 0 N–H and O–H groups in total. The minimum absolute atomic E-state index is 0. The SMILES string of the molecule is CC(C)(C)c1cccc(-c2ccccc2)c1-n1c(-c2[c-]ccc3c2sc2ncc4ccccc4c23)nc2ccc(F)cc21.CC(C)C(C)c1cc(-c2[c-]cccc2)nc[c]1[Ge]([CH3])([CH3])[CH3].[Ir]. The maximum Gasteiger partial charge on any atom is 0 e. The first-order valence-electron chi connectivity index (χ1n) is 22.1. The minimum atomic E-state index is -1.91. The summed E-state index contributed by atoms with van der Waals surface area (Å²) in [6, 6.07) is 51.4. The van der Waals surface area contributed by atoms with E-state index in [1.54, 1.807) is 23.5 Å². The molecule has 4 nitrogen and oxygen atoms in total. The molecule has 0 aliphatic carbocycles. The Balaban J connectivity index is 0.000000222. The minimum Gasteiger partial charge on any atom is 0 e. The molecule has 10 rings (SSSR count). The topological polar surface area (TPSA) is 43.6 Å². The summed E-state index contributed by atoms with van der Waals surface area (Å²) in [5.74, 6) is 8.98. The van der Waals surface area contributed by atoms with Gasteiger partial charge in [0, 0.05) is 42.6 Å². The van der Waals surface area contributed by atoms with Crippen molar-refractivity contribution in [2.45, 2.75) is 70.1 Å². The van der Waals surface area contributed by atoms with Gasteiger partial charge in [-0.15, -0.1) is 18.2 Å². The zero-order valence-corrected chi connectivity index (χ0v) is 43.7. The van der Waals surface area contributed by atoms with Crippen molar-refractivity contribution in [3.63, 3.8) is 0 Å². The first-order chi connectivity index (χ1) is 30.7. The van der Waals surface area contributed by atoms with Crippen molar-refractivity contribution in [1.82, 2.24) is 19.5 Å². The quantitative estimate of drug-likeness (QED) is 0.118. The van der Waals surface area contributed by atoms with Gasteiger partial charge < -0.3 is 4.57 Å². The summed E-state index contributed by atoms with van der Waals surface area (Å²) in [7, 11) is 0. The van der Waals surface area contributed by atoms with Crippen LogP contribution in [0.2, 0.25) is 17.3 Å². The van der Waals surface area contributed by atoms with Gasteiger partial charge in [0.25, 0.3) is 0 Å². The van der Waals surface area contributed by atoms with Crippen molar-refractivity contribution < 1.29 is 24.5 Å². The summed E-state index contributed by atoms with van der Waals surface area (Å²) in [5.41, 5.74) is 10.1. The molecule has 6 aromatic carbocycles. The molecule has 0 saturated heterocycles. The average molecular weight is 1110 g/mol. The number of hydrogen-bond acceptors (Lipinski definition) is 4. The number of nitrogens with zero attached hydrogens (tertiary/aromatic N) is 4. The second kappa shape index (κ2) is 18.5. The number of halogens is 1. The van der Waals surface area contributed by atoms with E-state index in [2.05, 4.69) is 167 Å². The predicted octanol–water partition coefficient (Wildman–Crippen LogP) is 15.4. The summed E-state index contributed by atoms with van der Waals surface area (Å²) in [4.78, 5) is 15.7. The van der Waals surface area contributed by atoms with Crippen LogP contribution in [0.25, 0.3) is 81.6 Å². The van der Waals surface area contributed by atoms with Crippen LogP contribution >= 0.6 is 11.3 Å². The smallest absolute Gasteiger partial charge is 0 e. The molecule has 1 atom stereocenters. The Kier molecular flexibility index (Phi) is 13.2. The van der Waals surface area contributed by atoms with Gasteiger partial charge in [-0.2, -0.15) is 11.3 Å². The molecule has 10 aromatic rings. The molecular weight excluding hydrogens is 1060 g/mol. The summed E-state index contributed by atoms with van der Waals surface area (Å²) < 4.78 is 19.7. The maximum atomic E-state index is 15.0. The molecule has 0 bridgehead atoms. The summed E-state index contributed by atoms with van der Waals surface area (Å²) in [5, 5.41) is 4.55. The third kappa shape index (κ3) is 9.01. The zero-order valence-electron chi connectivity index (χ0n) is 38.4. The first kappa shape index (κ1) is 46.2. The standard InChI is InChI=1S/C38H27FN3S.C19H26GeN.Ir/c1-38(2,3)30-18-10-15-27(23-11-5-4-6-12-23)34(30)42-32-21-25(39)19-20-31(32)41-36(42)29-17-9-16-28-33-26-14-8-7-13-24(26)22-40-37(33)43-35(28)29;1-14(2)15(3)17-12-19(16-10-8-7-9-11-16)21-13-18(17)20(4,5)6;/h4-16,18-22H,1-3H3;7-10,12-15H,1-6H3;/q2*-1;. The van der Waals surface area contributed by atoms with Gasteiger partial charge in [-0.05, 0) is 44.8 Å². The van der Waals surface area contributed by atoms with E-state index >= 15 is 0 Å². The average Bonchev–Trinajstić information content (AvgIpc) is 3.87. The molecule has 4 aromatic heterocycles. The second-order valence-electron chi connectivity index (χ2n) is 19.2. The van der Waals surface area contributed by atoms with Crippen molar-refractivity contribution in [3.8, 4) is 39.5 Å². The third-order valence-electron chi connectivity index (χ3n) is 12.4. The molecule has 1 radical (unpaired) electrons. The largest absolute Gasteiger partial charge is 0 e. The number of pyridine rings is 2. The molecule has 1 unspecified atom stereocenters. The number of fused-ring (bicyclic) bond motifs is 6. The normalized spacial score (nSPS) is 12.4. The Bertz CT molecular complexity index is 3310. The van der Waals surface area contributed by atoms with Crippen molar-refractivity contribution in [2.75, 3.05) is 0 Å². The van der Waals surface area contributed by atoms with Crippen LogP contribution in [0.3, 0.4) is 0 Å². The Labute approximate surface area is 402 Å². The van der Waals surface area contributed by atoms with Gasteiger partial charge in [-0.1, -0.05) is 105 Å². The van der Waals surface area contributed by atoms with E-state index in [-0.39, 0.29) is 31.3 Å². The van der Waals surface area contributed by atoms with Gasteiger partial charge in [0.15, 0.2) is 0 Å². The molecule has 0 spiro atoms. The van der Waals surface area contributed by atoms with E-state index in [9.17, 15) is 4.39 Å². The van der Waals surface area contributed by atoms with E-state index in [1.165, 1.54) is 21.4 Å². The van der Waals surface area contributed by atoms with E-state index in [1.807, 2.05) is 36.5 Å². The second-order valence-corrected chi connectivity index (χ2v) is 30.7. The maximum absolute atomic E-state index is 15.0. The van der Waals surface area contributed by atoms with Crippen LogP contribution in [0, 0.1) is 23.9 Å². The molecular formula is C57H53FGeIrN4S-2. The predicted molar refractivity (Wildman–Crippen MR) is 272 cm³/mol. The van der Waals surface area contributed by atoms with Crippen molar-refractivity contribution in [2.24, 2.45) is 5.92 Å². The Morgan fingerprint density at radius 3 is 2.22 bits per heavy atom. The number of aromatic nitrogens is 4. The van der Waals surface area contributed by atoms with Crippen LogP contribution in [0.5, 0.6) is 0 Å². The van der Waals surface area contributed by atoms with Gasteiger partial charge in [0.05, 0.1) is 22.5 Å². The fourth-order valence-electron chi connectivity index (χ4n) is 8.75. The fourth-order valence-corrected chi connectivity index (χ4v) is 13.3.